The number of carbonyl (C=O) groups is 2. The Morgan fingerprint density at radius 3 is 1.94 bits per heavy atom. The molecule has 3 nitrogen and oxygen atoms in total. The van der Waals surface area contributed by atoms with Gasteiger partial charge in [-0.15, -0.1) is 0 Å². The summed E-state index contributed by atoms with van der Waals surface area (Å²) in [5.41, 5.74) is 0. The van der Waals surface area contributed by atoms with Gasteiger partial charge in [0.2, 0.25) is 5.91 Å². The van der Waals surface area contributed by atoms with Crippen LogP contribution in [0.25, 0.3) is 0 Å². The molecule has 100 valence electrons. The lowest BCUT2D eigenvalue weighted by Gasteiger charge is -2.25. The van der Waals surface area contributed by atoms with Crippen LogP contribution in [0.3, 0.4) is 0 Å². The SMILES string of the molecule is CC(=O)CC(C)C(=O)N[C@@H](CC(C)C)C(C)C. The van der Waals surface area contributed by atoms with Gasteiger partial charge < -0.3 is 10.1 Å². The van der Waals surface area contributed by atoms with Crippen molar-refractivity contribution in [1.29, 1.82) is 0 Å². The first-order valence-corrected chi connectivity index (χ1v) is 6.53. The summed E-state index contributed by atoms with van der Waals surface area (Å²) >= 11 is 0. The average Bonchev–Trinajstić information content (AvgIpc) is 2.14. The Bertz CT molecular complexity index is 259. The maximum absolute atomic E-state index is 11.9. The molecular formula is C14H27NO2. The van der Waals surface area contributed by atoms with Gasteiger partial charge in [-0.1, -0.05) is 34.6 Å². The third kappa shape index (κ3) is 7.14. The van der Waals surface area contributed by atoms with Crippen LogP contribution in [0.5, 0.6) is 0 Å². The fraction of sp³-hybridized carbons (Fsp3) is 0.857. The van der Waals surface area contributed by atoms with Crippen molar-refractivity contribution in [2.75, 3.05) is 0 Å². The normalized spacial score (nSPS) is 14.8. The zero-order valence-electron chi connectivity index (χ0n) is 12.0. The largest absolute Gasteiger partial charge is 0.353 e. The molecule has 0 aromatic rings. The number of carbonyl (C=O) groups excluding carboxylic acids is 2. The second-order valence-corrected chi connectivity index (χ2v) is 5.80. The molecule has 0 saturated carbocycles. The van der Waals surface area contributed by atoms with E-state index in [9.17, 15) is 9.59 Å². The molecule has 0 rings (SSSR count). The van der Waals surface area contributed by atoms with Gasteiger partial charge in [-0.25, -0.2) is 0 Å². The standard InChI is InChI=1S/C14H27NO2/c1-9(2)7-13(10(3)4)15-14(17)11(5)8-12(6)16/h9-11,13H,7-8H2,1-6H3,(H,15,17)/t11?,13-/m0/s1. The molecule has 0 radical (unpaired) electrons. The highest BCUT2D eigenvalue weighted by atomic mass is 16.2. The molecule has 3 heteroatoms. The molecule has 1 unspecified atom stereocenters. The molecule has 0 heterocycles. The topological polar surface area (TPSA) is 46.2 Å². The minimum absolute atomic E-state index is 0.000417. The first kappa shape index (κ1) is 16.1. The summed E-state index contributed by atoms with van der Waals surface area (Å²) in [4.78, 5) is 22.9. The molecule has 0 saturated heterocycles. The Kier molecular flexibility index (Phi) is 7.09. The Morgan fingerprint density at radius 1 is 1.06 bits per heavy atom. The highest BCUT2D eigenvalue weighted by Gasteiger charge is 2.21. The van der Waals surface area contributed by atoms with Crippen molar-refractivity contribution in [3.8, 4) is 0 Å². The number of rotatable bonds is 7. The van der Waals surface area contributed by atoms with Gasteiger partial charge in [-0.05, 0) is 25.2 Å². The third-order valence-corrected chi connectivity index (χ3v) is 2.90. The molecule has 0 fully saturated rings. The van der Waals surface area contributed by atoms with Gasteiger partial charge >= 0.3 is 0 Å². The molecule has 17 heavy (non-hydrogen) atoms. The van der Waals surface area contributed by atoms with E-state index in [1.54, 1.807) is 0 Å². The number of Topliss-reactive ketones (excluding diaryl/α,β-unsaturated/α-hetero) is 1. The van der Waals surface area contributed by atoms with E-state index in [1.165, 1.54) is 6.92 Å². The summed E-state index contributed by atoms with van der Waals surface area (Å²) in [7, 11) is 0. The van der Waals surface area contributed by atoms with Crippen LogP contribution in [0.15, 0.2) is 0 Å². The smallest absolute Gasteiger partial charge is 0.223 e. The molecular weight excluding hydrogens is 214 g/mol. The number of hydrogen-bond donors (Lipinski definition) is 1. The first-order chi connectivity index (χ1) is 7.73. The minimum atomic E-state index is -0.221. The molecule has 0 spiro atoms. The van der Waals surface area contributed by atoms with E-state index in [1.807, 2.05) is 6.92 Å². The second kappa shape index (κ2) is 7.46. The van der Waals surface area contributed by atoms with Crippen molar-refractivity contribution >= 4 is 11.7 Å². The monoisotopic (exact) mass is 241 g/mol. The summed E-state index contributed by atoms with van der Waals surface area (Å²) in [6.45, 7) is 11.9. The highest BCUT2D eigenvalue weighted by molar-refractivity contribution is 5.85. The van der Waals surface area contributed by atoms with Crippen molar-refractivity contribution in [3.63, 3.8) is 0 Å². The molecule has 1 amide bonds. The van der Waals surface area contributed by atoms with Gasteiger partial charge in [-0.3, -0.25) is 4.79 Å². The molecule has 0 aliphatic rings. The van der Waals surface area contributed by atoms with Gasteiger partial charge in [0.15, 0.2) is 0 Å². The van der Waals surface area contributed by atoms with Crippen molar-refractivity contribution in [2.45, 2.75) is 60.4 Å². The summed E-state index contributed by atoms with van der Waals surface area (Å²) < 4.78 is 0. The molecule has 0 aliphatic heterocycles. The van der Waals surface area contributed by atoms with E-state index in [2.05, 4.69) is 33.0 Å². The first-order valence-electron chi connectivity index (χ1n) is 6.53. The van der Waals surface area contributed by atoms with Crippen molar-refractivity contribution in [2.24, 2.45) is 17.8 Å². The van der Waals surface area contributed by atoms with Crippen molar-refractivity contribution < 1.29 is 9.59 Å². The number of ketones is 1. The fourth-order valence-electron chi connectivity index (χ4n) is 1.85. The molecule has 0 aromatic heterocycles. The summed E-state index contributed by atoms with van der Waals surface area (Å²) in [6, 6.07) is 0.205. The molecule has 2 atom stereocenters. The molecule has 0 aromatic carbocycles. The van der Waals surface area contributed by atoms with Crippen LogP contribution in [0.1, 0.15) is 54.4 Å². The van der Waals surface area contributed by atoms with E-state index in [0.29, 0.717) is 18.3 Å². The fourth-order valence-corrected chi connectivity index (χ4v) is 1.85. The molecule has 0 aliphatic carbocycles. The van der Waals surface area contributed by atoms with Gasteiger partial charge in [0, 0.05) is 18.4 Å². The quantitative estimate of drug-likeness (QED) is 0.745. The van der Waals surface area contributed by atoms with Crippen LogP contribution in [-0.4, -0.2) is 17.7 Å². The van der Waals surface area contributed by atoms with Crippen LogP contribution in [0, 0.1) is 17.8 Å². The van der Waals surface area contributed by atoms with Gasteiger partial charge in [0.25, 0.3) is 0 Å². The Morgan fingerprint density at radius 2 is 1.59 bits per heavy atom. The predicted octanol–water partition coefficient (Wildman–Crippen LogP) is 2.79. The Labute approximate surface area is 105 Å². The van der Waals surface area contributed by atoms with E-state index in [0.717, 1.165) is 6.42 Å². The van der Waals surface area contributed by atoms with Crippen LogP contribution in [0.2, 0.25) is 0 Å². The Balaban J connectivity index is 4.34. The lowest BCUT2D eigenvalue weighted by Crippen LogP contribution is -2.42. The maximum Gasteiger partial charge on any atom is 0.223 e. The summed E-state index contributed by atoms with van der Waals surface area (Å²) in [6.07, 6.45) is 1.31. The number of nitrogens with one attached hydrogen (secondary N) is 1. The average molecular weight is 241 g/mol. The van der Waals surface area contributed by atoms with Crippen molar-refractivity contribution in [3.05, 3.63) is 0 Å². The van der Waals surface area contributed by atoms with Crippen molar-refractivity contribution in [1.82, 2.24) is 5.32 Å². The van der Waals surface area contributed by atoms with E-state index in [-0.39, 0.29) is 23.7 Å². The van der Waals surface area contributed by atoms with E-state index in [4.69, 9.17) is 0 Å². The lowest BCUT2D eigenvalue weighted by molar-refractivity contribution is -0.129. The Hall–Kier alpha value is -0.860. The zero-order valence-corrected chi connectivity index (χ0v) is 12.0. The van der Waals surface area contributed by atoms with Crippen LogP contribution in [0.4, 0.5) is 0 Å². The highest BCUT2D eigenvalue weighted by Crippen LogP contribution is 2.14. The van der Waals surface area contributed by atoms with Gasteiger partial charge in [0.05, 0.1) is 0 Å². The van der Waals surface area contributed by atoms with E-state index < -0.39 is 0 Å². The molecule has 1 N–H and O–H groups in total. The summed E-state index contributed by atoms with van der Waals surface area (Å²) in [5, 5.41) is 3.06. The van der Waals surface area contributed by atoms with Crippen LogP contribution >= 0.6 is 0 Å². The second-order valence-electron chi connectivity index (χ2n) is 5.80. The van der Waals surface area contributed by atoms with Gasteiger partial charge in [0.1, 0.15) is 5.78 Å². The number of hydrogen-bond acceptors (Lipinski definition) is 2. The lowest BCUT2D eigenvalue weighted by atomic mass is 9.93. The van der Waals surface area contributed by atoms with Crippen LogP contribution in [-0.2, 0) is 9.59 Å². The van der Waals surface area contributed by atoms with Gasteiger partial charge in [-0.2, -0.15) is 0 Å². The molecule has 0 bridgehead atoms. The van der Waals surface area contributed by atoms with E-state index >= 15 is 0 Å². The minimum Gasteiger partial charge on any atom is -0.353 e. The summed E-state index contributed by atoms with van der Waals surface area (Å²) in [5.74, 6) is 0.828. The van der Waals surface area contributed by atoms with Crippen LogP contribution < -0.4 is 5.32 Å². The predicted molar refractivity (Wildman–Crippen MR) is 70.7 cm³/mol. The maximum atomic E-state index is 11.9. The third-order valence-electron chi connectivity index (χ3n) is 2.90. The zero-order chi connectivity index (χ0) is 13.6. The number of amides is 1.